The van der Waals surface area contributed by atoms with Crippen molar-refractivity contribution in [2.24, 2.45) is 4.99 Å². The van der Waals surface area contributed by atoms with E-state index < -0.39 is 0 Å². The molecular formula is C22H29FIN5O. The molecule has 162 valence electrons. The number of carbonyl (C=O) groups excluding carboxylic acids is 1. The largest absolute Gasteiger partial charge is 0.368 e. The molecule has 1 saturated heterocycles. The minimum absolute atomic E-state index is 0. The first-order chi connectivity index (χ1) is 14.1. The molecular weight excluding hydrogens is 496 g/mol. The minimum Gasteiger partial charge on any atom is -0.368 e. The van der Waals surface area contributed by atoms with E-state index in [1.165, 1.54) is 12.1 Å². The summed E-state index contributed by atoms with van der Waals surface area (Å²) in [4.78, 5) is 20.7. The molecule has 0 atom stereocenters. The Morgan fingerprint density at radius 1 is 1.00 bits per heavy atom. The molecule has 2 aromatic rings. The second-order valence-electron chi connectivity index (χ2n) is 6.91. The fourth-order valence-corrected chi connectivity index (χ4v) is 3.38. The summed E-state index contributed by atoms with van der Waals surface area (Å²) < 4.78 is 13.1. The number of carbonyl (C=O) groups is 1. The summed E-state index contributed by atoms with van der Waals surface area (Å²) in [6.45, 7) is 6.55. The second kappa shape index (κ2) is 11.7. The number of nitrogens with one attached hydrogen (secondary N) is 2. The van der Waals surface area contributed by atoms with Crippen molar-refractivity contribution in [2.75, 3.05) is 44.7 Å². The molecule has 3 rings (SSSR count). The van der Waals surface area contributed by atoms with Gasteiger partial charge in [-0.1, -0.05) is 12.1 Å². The first kappa shape index (κ1) is 23.9. The highest BCUT2D eigenvalue weighted by Crippen LogP contribution is 2.17. The predicted octanol–water partition coefficient (Wildman–Crippen LogP) is 3.09. The van der Waals surface area contributed by atoms with Crippen molar-refractivity contribution in [2.45, 2.75) is 13.5 Å². The molecule has 0 unspecified atom stereocenters. The van der Waals surface area contributed by atoms with Crippen LogP contribution in [0.1, 0.15) is 22.8 Å². The van der Waals surface area contributed by atoms with Crippen LogP contribution in [0.4, 0.5) is 10.1 Å². The lowest BCUT2D eigenvalue weighted by atomic mass is 10.1. The van der Waals surface area contributed by atoms with Gasteiger partial charge in [-0.3, -0.25) is 9.79 Å². The fraction of sp³-hybridized carbons (Fsp3) is 0.364. The molecule has 1 heterocycles. The summed E-state index contributed by atoms with van der Waals surface area (Å²) in [6, 6.07) is 14.2. The monoisotopic (exact) mass is 525 g/mol. The molecule has 0 bridgehead atoms. The summed E-state index contributed by atoms with van der Waals surface area (Å²) in [5.74, 6) is 0.592. The molecule has 30 heavy (non-hydrogen) atoms. The Morgan fingerprint density at radius 2 is 1.63 bits per heavy atom. The van der Waals surface area contributed by atoms with Crippen molar-refractivity contribution in [1.82, 2.24) is 15.5 Å². The van der Waals surface area contributed by atoms with Crippen molar-refractivity contribution >= 4 is 41.5 Å². The Hall–Kier alpha value is -2.36. The molecule has 1 aliphatic heterocycles. The predicted molar refractivity (Wildman–Crippen MR) is 130 cm³/mol. The Bertz CT molecular complexity index is 834. The Kier molecular flexibility index (Phi) is 9.35. The minimum atomic E-state index is -0.212. The number of halogens is 2. The third kappa shape index (κ3) is 6.32. The first-order valence-electron chi connectivity index (χ1n) is 9.94. The number of nitrogens with zero attached hydrogens (tertiary/aromatic N) is 3. The van der Waals surface area contributed by atoms with Crippen LogP contribution < -0.4 is 15.5 Å². The van der Waals surface area contributed by atoms with Gasteiger partial charge in [-0.05, 0) is 48.9 Å². The van der Waals surface area contributed by atoms with Gasteiger partial charge >= 0.3 is 0 Å². The van der Waals surface area contributed by atoms with E-state index in [9.17, 15) is 9.18 Å². The zero-order valence-corrected chi connectivity index (χ0v) is 19.7. The summed E-state index contributed by atoms with van der Waals surface area (Å²) in [7, 11) is 1.78. The Labute approximate surface area is 194 Å². The lowest BCUT2D eigenvalue weighted by Crippen LogP contribution is -2.52. The first-order valence-corrected chi connectivity index (χ1v) is 9.94. The number of amides is 1. The van der Waals surface area contributed by atoms with Gasteiger partial charge in [0.2, 0.25) is 0 Å². The van der Waals surface area contributed by atoms with E-state index >= 15 is 0 Å². The standard InChI is InChI=1S/C22H28FN5O.HI/c1-3-25-21(29)18-6-4-17(5-7-18)16-26-22(24-2)28-14-12-27(13-15-28)20-10-8-19(23)9-11-20;/h4-11H,3,12-16H2,1-2H3,(H,24,26)(H,25,29);1H. The van der Waals surface area contributed by atoms with Crippen LogP contribution in [0.5, 0.6) is 0 Å². The van der Waals surface area contributed by atoms with Crippen LogP contribution in [0.15, 0.2) is 53.5 Å². The van der Waals surface area contributed by atoms with Crippen LogP contribution in [0.3, 0.4) is 0 Å². The average Bonchev–Trinajstić information content (AvgIpc) is 2.76. The summed E-state index contributed by atoms with van der Waals surface area (Å²) in [6.07, 6.45) is 0. The summed E-state index contributed by atoms with van der Waals surface area (Å²) in [5, 5.41) is 6.20. The summed E-state index contributed by atoms with van der Waals surface area (Å²) >= 11 is 0. The van der Waals surface area contributed by atoms with E-state index in [4.69, 9.17) is 0 Å². The summed E-state index contributed by atoms with van der Waals surface area (Å²) in [5.41, 5.74) is 2.79. The quantitative estimate of drug-likeness (QED) is 0.358. The molecule has 6 nitrogen and oxygen atoms in total. The van der Waals surface area contributed by atoms with E-state index in [1.54, 1.807) is 7.05 Å². The molecule has 0 aromatic heterocycles. The second-order valence-corrected chi connectivity index (χ2v) is 6.91. The van der Waals surface area contributed by atoms with Crippen molar-refractivity contribution in [3.8, 4) is 0 Å². The zero-order valence-electron chi connectivity index (χ0n) is 17.4. The number of guanidine groups is 1. The number of piperazine rings is 1. The molecule has 0 radical (unpaired) electrons. The number of aliphatic imine (C=N–C) groups is 1. The molecule has 2 aromatic carbocycles. The molecule has 8 heteroatoms. The smallest absolute Gasteiger partial charge is 0.251 e. The van der Waals surface area contributed by atoms with Crippen molar-refractivity contribution < 1.29 is 9.18 Å². The van der Waals surface area contributed by atoms with Crippen LogP contribution in [0, 0.1) is 5.82 Å². The lowest BCUT2D eigenvalue weighted by molar-refractivity contribution is 0.0956. The normalized spacial score (nSPS) is 14.2. The van der Waals surface area contributed by atoms with E-state index in [0.717, 1.165) is 43.4 Å². The van der Waals surface area contributed by atoms with Crippen LogP contribution in [0.2, 0.25) is 0 Å². The van der Waals surface area contributed by atoms with Gasteiger partial charge in [0.25, 0.3) is 5.91 Å². The van der Waals surface area contributed by atoms with Gasteiger partial charge in [0.1, 0.15) is 5.82 Å². The molecule has 0 aliphatic carbocycles. The van der Waals surface area contributed by atoms with Crippen LogP contribution in [-0.4, -0.2) is 56.5 Å². The fourth-order valence-electron chi connectivity index (χ4n) is 3.38. The molecule has 2 N–H and O–H groups in total. The molecule has 0 saturated carbocycles. The lowest BCUT2D eigenvalue weighted by Gasteiger charge is -2.37. The number of hydrogen-bond donors (Lipinski definition) is 2. The van der Waals surface area contributed by atoms with Gasteiger partial charge in [0.05, 0.1) is 0 Å². The number of benzene rings is 2. The topological polar surface area (TPSA) is 60.0 Å². The van der Waals surface area contributed by atoms with Crippen molar-refractivity contribution in [1.29, 1.82) is 0 Å². The van der Waals surface area contributed by atoms with E-state index in [-0.39, 0.29) is 35.7 Å². The number of hydrogen-bond acceptors (Lipinski definition) is 3. The maximum Gasteiger partial charge on any atom is 0.251 e. The van der Waals surface area contributed by atoms with Crippen molar-refractivity contribution in [3.63, 3.8) is 0 Å². The van der Waals surface area contributed by atoms with Crippen LogP contribution >= 0.6 is 24.0 Å². The highest BCUT2D eigenvalue weighted by Gasteiger charge is 2.19. The molecule has 0 spiro atoms. The average molecular weight is 525 g/mol. The van der Waals surface area contributed by atoms with Gasteiger partial charge in [0, 0.05) is 57.6 Å². The van der Waals surface area contributed by atoms with Gasteiger partial charge in [-0.2, -0.15) is 0 Å². The van der Waals surface area contributed by atoms with E-state index in [2.05, 4.69) is 25.4 Å². The maximum atomic E-state index is 13.1. The Balaban J connectivity index is 0.00000320. The highest BCUT2D eigenvalue weighted by molar-refractivity contribution is 14.0. The van der Waals surface area contributed by atoms with Crippen LogP contribution in [0.25, 0.3) is 0 Å². The zero-order chi connectivity index (χ0) is 20.6. The third-order valence-corrected chi connectivity index (χ3v) is 4.99. The maximum absolute atomic E-state index is 13.1. The van der Waals surface area contributed by atoms with Gasteiger partial charge in [-0.15, -0.1) is 24.0 Å². The third-order valence-electron chi connectivity index (χ3n) is 4.99. The Morgan fingerprint density at radius 3 is 2.20 bits per heavy atom. The molecule has 1 amide bonds. The van der Waals surface area contributed by atoms with Gasteiger partial charge in [-0.25, -0.2) is 4.39 Å². The number of anilines is 1. The number of rotatable bonds is 5. The molecule has 1 fully saturated rings. The SMILES string of the molecule is CCNC(=O)c1ccc(CNC(=NC)N2CCN(c3ccc(F)cc3)CC2)cc1.I. The van der Waals surface area contributed by atoms with E-state index in [1.807, 2.05) is 43.3 Å². The van der Waals surface area contributed by atoms with Crippen LogP contribution in [-0.2, 0) is 6.54 Å². The highest BCUT2D eigenvalue weighted by atomic mass is 127. The van der Waals surface area contributed by atoms with Gasteiger partial charge < -0.3 is 20.4 Å². The van der Waals surface area contributed by atoms with Gasteiger partial charge in [0.15, 0.2) is 5.96 Å². The van der Waals surface area contributed by atoms with Crippen molar-refractivity contribution in [3.05, 3.63) is 65.5 Å². The molecule has 1 aliphatic rings. The van der Waals surface area contributed by atoms with E-state index in [0.29, 0.717) is 18.7 Å².